The third-order valence-electron chi connectivity index (χ3n) is 3.41. The topological polar surface area (TPSA) is 58.6 Å². The van der Waals surface area contributed by atoms with Crippen LogP contribution in [-0.4, -0.2) is 35.9 Å². The van der Waals surface area contributed by atoms with Crippen LogP contribution in [-0.2, 0) is 9.59 Å². The van der Waals surface area contributed by atoms with Crippen molar-refractivity contribution < 1.29 is 14.3 Å². The van der Waals surface area contributed by atoms with Crippen molar-refractivity contribution in [3.05, 3.63) is 24.3 Å². The average molecular weight is 290 g/mol. The summed E-state index contributed by atoms with van der Waals surface area (Å²) in [6.45, 7) is 5.52. The molecule has 1 aromatic carbocycles. The van der Waals surface area contributed by atoms with Crippen LogP contribution < -0.4 is 10.1 Å². The number of carbonyl (C=O) groups is 2. The van der Waals surface area contributed by atoms with E-state index in [2.05, 4.69) is 5.32 Å². The number of ether oxygens (including phenoxy) is 1. The highest BCUT2D eigenvalue weighted by Crippen LogP contribution is 2.29. The molecular weight excluding hydrogens is 268 g/mol. The molecule has 1 aliphatic heterocycles. The van der Waals surface area contributed by atoms with Gasteiger partial charge in [-0.1, -0.05) is 26.0 Å². The zero-order valence-electron chi connectivity index (χ0n) is 12.6. The van der Waals surface area contributed by atoms with Crippen LogP contribution in [0.4, 0.5) is 5.69 Å². The molecular formula is C16H22N2O3. The van der Waals surface area contributed by atoms with Crippen LogP contribution in [0.1, 0.15) is 33.1 Å². The summed E-state index contributed by atoms with van der Waals surface area (Å²) in [5.74, 6) is 0.334. The summed E-state index contributed by atoms with van der Waals surface area (Å²) in [6, 6.07) is 7.25. The third kappa shape index (κ3) is 3.74. The van der Waals surface area contributed by atoms with Gasteiger partial charge in [0.15, 0.2) is 6.10 Å². The summed E-state index contributed by atoms with van der Waals surface area (Å²) in [5.41, 5.74) is 0.658. The number of amides is 2. The monoisotopic (exact) mass is 290 g/mol. The molecule has 1 heterocycles. The van der Waals surface area contributed by atoms with E-state index in [1.807, 2.05) is 26.0 Å². The van der Waals surface area contributed by atoms with E-state index >= 15 is 0 Å². The Morgan fingerprint density at radius 2 is 1.90 bits per heavy atom. The fraction of sp³-hybridized carbons (Fsp3) is 0.500. The zero-order chi connectivity index (χ0) is 15.2. The summed E-state index contributed by atoms with van der Waals surface area (Å²) in [5, 5.41) is 2.78. The van der Waals surface area contributed by atoms with Gasteiger partial charge in [0.25, 0.3) is 5.91 Å². The number of para-hydroxylation sites is 2. The van der Waals surface area contributed by atoms with Gasteiger partial charge in [0.1, 0.15) is 5.75 Å². The molecule has 1 unspecified atom stereocenters. The second-order valence-corrected chi connectivity index (χ2v) is 5.18. The lowest BCUT2D eigenvalue weighted by Crippen LogP contribution is -2.42. The van der Waals surface area contributed by atoms with Gasteiger partial charge in [-0.15, -0.1) is 0 Å². The van der Waals surface area contributed by atoms with Crippen molar-refractivity contribution >= 4 is 17.5 Å². The number of rotatable bonds is 6. The van der Waals surface area contributed by atoms with E-state index in [1.54, 1.807) is 17.0 Å². The summed E-state index contributed by atoms with van der Waals surface area (Å²) < 4.78 is 5.66. The predicted molar refractivity (Wildman–Crippen MR) is 81.3 cm³/mol. The van der Waals surface area contributed by atoms with Gasteiger partial charge in [0, 0.05) is 13.1 Å². The van der Waals surface area contributed by atoms with E-state index in [4.69, 9.17) is 4.74 Å². The molecule has 21 heavy (non-hydrogen) atoms. The molecule has 0 aromatic heterocycles. The fourth-order valence-electron chi connectivity index (χ4n) is 2.42. The molecule has 0 saturated carbocycles. The third-order valence-corrected chi connectivity index (χ3v) is 3.41. The number of benzene rings is 1. The number of anilines is 1. The Kier molecular flexibility index (Phi) is 5.20. The molecule has 1 aromatic rings. The van der Waals surface area contributed by atoms with Crippen LogP contribution in [0.2, 0.25) is 0 Å². The van der Waals surface area contributed by atoms with E-state index in [0.717, 1.165) is 25.9 Å². The molecule has 1 atom stereocenters. The Balaban J connectivity index is 2.02. The van der Waals surface area contributed by atoms with E-state index in [0.29, 0.717) is 11.4 Å². The molecule has 1 N–H and O–H groups in total. The Hall–Kier alpha value is -2.04. The van der Waals surface area contributed by atoms with Gasteiger partial charge in [-0.2, -0.15) is 0 Å². The van der Waals surface area contributed by atoms with Crippen molar-refractivity contribution in [2.24, 2.45) is 0 Å². The van der Waals surface area contributed by atoms with Gasteiger partial charge < -0.3 is 15.0 Å². The van der Waals surface area contributed by atoms with Gasteiger partial charge in [0.05, 0.1) is 12.1 Å². The smallest absolute Gasteiger partial charge is 0.266 e. The quantitative estimate of drug-likeness (QED) is 0.875. The molecule has 0 spiro atoms. The number of nitrogens with one attached hydrogen (secondary N) is 1. The minimum Gasteiger partial charge on any atom is -0.478 e. The van der Waals surface area contributed by atoms with Gasteiger partial charge >= 0.3 is 0 Å². The minimum atomic E-state index is -0.747. The summed E-state index contributed by atoms with van der Waals surface area (Å²) in [4.78, 5) is 26.1. The van der Waals surface area contributed by atoms with E-state index in [-0.39, 0.29) is 18.2 Å². The van der Waals surface area contributed by atoms with Crippen molar-refractivity contribution in [2.45, 2.75) is 39.2 Å². The second kappa shape index (κ2) is 7.11. The number of hydrogen-bond acceptors (Lipinski definition) is 3. The van der Waals surface area contributed by atoms with Crippen molar-refractivity contribution in [2.75, 3.05) is 18.4 Å². The highest BCUT2D eigenvalue weighted by molar-refractivity contribution is 5.99. The maximum absolute atomic E-state index is 12.3. The molecule has 0 bridgehead atoms. The molecule has 0 aliphatic carbocycles. The average Bonchev–Trinajstić information content (AvgIpc) is 2.47. The lowest BCUT2D eigenvalue weighted by molar-refractivity contribution is -0.137. The molecule has 0 saturated heterocycles. The highest BCUT2D eigenvalue weighted by atomic mass is 16.5. The maximum atomic E-state index is 12.3. The predicted octanol–water partition coefficient (Wildman–Crippen LogP) is 2.42. The molecule has 1 aliphatic rings. The molecule has 0 radical (unpaired) electrons. The minimum absolute atomic E-state index is 0.0294. The van der Waals surface area contributed by atoms with Gasteiger partial charge in [-0.05, 0) is 25.0 Å². The number of nitrogens with zero attached hydrogens (tertiary/aromatic N) is 1. The first-order chi connectivity index (χ1) is 10.2. The van der Waals surface area contributed by atoms with Crippen LogP contribution in [0, 0.1) is 0 Å². The van der Waals surface area contributed by atoms with E-state index in [1.165, 1.54) is 0 Å². The molecule has 114 valence electrons. The van der Waals surface area contributed by atoms with Crippen LogP contribution in [0.5, 0.6) is 5.75 Å². The zero-order valence-corrected chi connectivity index (χ0v) is 12.6. The molecule has 5 nitrogen and oxygen atoms in total. The van der Waals surface area contributed by atoms with E-state index < -0.39 is 6.10 Å². The number of carbonyl (C=O) groups excluding carboxylic acids is 2. The van der Waals surface area contributed by atoms with Crippen LogP contribution in [0.15, 0.2) is 24.3 Å². The van der Waals surface area contributed by atoms with Crippen molar-refractivity contribution in [3.63, 3.8) is 0 Å². The van der Waals surface area contributed by atoms with Gasteiger partial charge in [-0.3, -0.25) is 9.59 Å². The Bertz CT molecular complexity index is 510. The summed E-state index contributed by atoms with van der Waals surface area (Å²) in [6.07, 6.45) is 1.15. The second-order valence-electron chi connectivity index (χ2n) is 5.18. The Labute approximate surface area is 125 Å². The molecule has 0 fully saturated rings. The van der Waals surface area contributed by atoms with Crippen LogP contribution in [0.25, 0.3) is 0 Å². The highest BCUT2D eigenvalue weighted by Gasteiger charge is 2.30. The Morgan fingerprint density at radius 3 is 2.57 bits per heavy atom. The van der Waals surface area contributed by atoms with Gasteiger partial charge in [-0.25, -0.2) is 0 Å². The number of fused-ring (bicyclic) bond motifs is 1. The first-order valence-corrected chi connectivity index (χ1v) is 7.50. The van der Waals surface area contributed by atoms with Crippen molar-refractivity contribution in [3.8, 4) is 5.75 Å². The largest absolute Gasteiger partial charge is 0.478 e. The SMILES string of the molecule is CCCN(CCC)C(=O)CC1Oc2ccccc2NC1=O. The molecule has 2 rings (SSSR count). The summed E-state index contributed by atoms with van der Waals surface area (Å²) >= 11 is 0. The van der Waals surface area contributed by atoms with Gasteiger partial charge in [0.2, 0.25) is 5.91 Å². The molecule has 5 heteroatoms. The lowest BCUT2D eigenvalue weighted by atomic mass is 10.1. The maximum Gasteiger partial charge on any atom is 0.266 e. The van der Waals surface area contributed by atoms with Crippen molar-refractivity contribution in [1.29, 1.82) is 0 Å². The van der Waals surface area contributed by atoms with E-state index in [9.17, 15) is 9.59 Å². The first kappa shape index (κ1) is 15.4. The molecule has 2 amide bonds. The lowest BCUT2D eigenvalue weighted by Gasteiger charge is -2.28. The Morgan fingerprint density at radius 1 is 1.24 bits per heavy atom. The summed E-state index contributed by atoms with van der Waals surface area (Å²) in [7, 11) is 0. The fourth-order valence-corrected chi connectivity index (χ4v) is 2.42. The number of hydrogen-bond donors (Lipinski definition) is 1. The first-order valence-electron chi connectivity index (χ1n) is 7.50. The van der Waals surface area contributed by atoms with Crippen molar-refractivity contribution in [1.82, 2.24) is 4.90 Å². The normalized spacial score (nSPS) is 16.7. The van der Waals surface area contributed by atoms with Crippen LogP contribution >= 0.6 is 0 Å². The standard InChI is InChI=1S/C16H22N2O3/c1-3-9-18(10-4-2)15(19)11-14-16(20)17-12-7-5-6-8-13(12)21-14/h5-8,14H,3-4,9-11H2,1-2H3,(H,17,20). The van der Waals surface area contributed by atoms with Crippen LogP contribution in [0.3, 0.4) is 0 Å².